The number of carbonyl (C=O) groups is 2. The van der Waals surface area contributed by atoms with Crippen molar-refractivity contribution in [2.75, 3.05) is 11.9 Å². The summed E-state index contributed by atoms with van der Waals surface area (Å²) in [5, 5.41) is 5.63. The molecule has 0 fully saturated rings. The smallest absolute Gasteiger partial charge is 0.319 e. The van der Waals surface area contributed by atoms with Gasteiger partial charge in [0.05, 0.1) is 0 Å². The van der Waals surface area contributed by atoms with Crippen molar-refractivity contribution in [1.82, 2.24) is 5.32 Å². The van der Waals surface area contributed by atoms with Crippen molar-refractivity contribution in [2.24, 2.45) is 11.7 Å². The predicted molar refractivity (Wildman–Crippen MR) is 85.3 cm³/mol. The van der Waals surface area contributed by atoms with Crippen LogP contribution >= 0.6 is 0 Å². The lowest BCUT2D eigenvalue weighted by Crippen LogP contribution is -2.33. The second kappa shape index (κ2) is 9.00. The van der Waals surface area contributed by atoms with Crippen LogP contribution in [-0.4, -0.2) is 18.5 Å². The SMILES string of the molecule is CCCC[C@H](CC)CNC(=O)Nc1ccc(C(N)=O)cc1. The fraction of sp³-hybridized carbons (Fsp3) is 0.500. The molecule has 21 heavy (non-hydrogen) atoms. The number of nitrogens with one attached hydrogen (secondary N) is 2. The number of carbonyl (C=O) groups excluding carboxylic acids is 2. The van der Waals surface area contributed by atoms with Crippen molar-refractivity contribution in [1.29, 1.82) is 0 Å². The Morgan fingerprint density at radius 2 is 1.86 bits per heavy atom. The highest BCUT2D eigenvalue weighted by Crippen LogP contribution is 2.12. The summed E-state index contributed by atoms with van der Waals surface area (Å²) in [5.74, 6) is 0.0423. The molecule has 0 radical (unpaired) electrons. The third-order valence-corrected chi connectivity index (χ3v) is 3.52. The molecule has 3 amide bonds. The van der Waals surface area contributed by atoms with Crippen LogP contribution in [0.15, 0.2) is 24.3 Å². The molecule has 0 aliphatic rings. The summed E-state index contributed by atoms with van der Waals surface area (Å²) >= 11 is 0. The molecule has 0 spiro atoms. The molecule has 0 heterocycles. The summed E-state index contributed by atoms with van der Waals surface area (Å²) in [7, 11) is 0. The van der Waals surface area contributed by atoms with Crippen molar-refractivity contribution < 1.29 is 9.59 Å². The Hall–Kier alpha value is -2.04. The lowest BCUT2D eigenvalue weighted by Gasteiger charge is -2.15. The minimum absolute atomic E-state index is 0.225. The molecule has 0 aliphatic carbocycles. The first-order valence-electron chi connectivity index (χ1n) is 7.51. The van der Waals surface area contributed by atoms with E-state index in [4.69, 9.17) is 5.73 Å². The molecule has 0 aromatic heterocycles. The highest BCUT2D eigenvalue weighted by molar-refractivity contribution is 5.94. The average Bonchev–Trinajstić information content (AvgIpc) is 2.48. The van der Waals surface area contributed by atoms with E-state index in [1.807, 2.05) is 0 Å². The minimum Gasteiger partial charge on any atom is -0.366 e. The summed E-state index contributed by atoms with van der Waals surface area (Å²) in [6.45, 7) is 4.99. The van der Waals surface area contributed by atoms with Crippen LogP contribution in [-0.2, 0) is 0 Å². The Bertz CT molecular complexity index is 457. The summed E-state index contributed by atoms with van der Waals surface area (Å²) in [6, 6.07) is 6.28. The minimum atomic E-state index is -0.479. The van der Waals surface area contributed by atoms with Gasteiger partial charge in [0.1, 0.15) is 0 Å². The second-order valence-electron chi connectivity index (χ2n) is 5.19. The van der Waals surface area contributed by atoms with Crippen LogP contribution in [0.2, 0.25) is 0 Å². The Morgan fingerprint density at radius 1 is 1.19 bits per heavy atom. The normalized spacial score (nSPS) is 11.7. The van der Waals surface area contributed by atoms with E-state index in [0.717, 1.165) is 12.8 Å². The maximum atomic E-state index is 11.8. The van der Waals surface area contributed by atoms with E-state index < -0.39 is 5.91 Å². The molecule has 0 saturated heterocycles. The van der Waals surface area contributed by atoms with Gasteiger partial charge in [0.2, 0.25) is 5.91 Å². The molecule has 116 valence electrons. The quantitative estimate of drug-likeness (QED) is 0.687. The summed E-state index contributed by atoms with van der Waals surface area (Å²) < 4.78 is 0. The molecule has 0 saturated carbocycles. The van der Waals surface area contributed by atoms with Crippen molar-refractivity contribution >= 4 is 17.6 Å². The Balaban J connectivity index is 2.40. The lowest BCUT2D eigenvalue weighted by molar-refractivity contribution is 0.100. The predicted octanol–water partition coefficient (Wildman–Crippen LogP) is 3.12. The molecule has 1 aromatic carbocycles. The van der Waals surface area contributed by atoms with Crippen molar-refractivity contribution in [3.05, 3.63) is 29.8 Å². The molecule has 4 N–H and O–H groups in total. The monoisotopic (exact) mass is 291 g/mol. The molecular formula is C16H25N3O2. The van der Waals surface area contributed by atoms with Gasteiger partial charge in [0, 0.05) is 17.8 Å². The average molecular weight is 291 g/mol. The number of unbranched alkanes of at least 4 members (excludes halogenated alkanes) is 1. The highest BCUT2D eigenvalue weighted by Gasteiger charge is 2.08. The number of urea groups is 1. The zero-order valence-corrected chi connectivity index (χ0v) is 12.8. The molecule has 0 bridgehead atoms. The van der Waals surface area contributed by atoms with Gasteiger partial charge in [0.15, 0.2) is 0 Å². The van der Waals surface area contributed by atoms with Gasteiger partial charge in [-0.2, -0.15) is 0 Å². The van der Waals surface area contributed by atoms with Gasteiger partial charge in [-0.1, -0.05) is 33.1 Å². The molecule has 5 heteroatoms. The first-order chi connectivity index (χ1) is 10.1. The van der Waals surface area contributed by atoms with E-state index in [2.05, 4.69) is 24.5 Å². The van der Waals surface area contributed by atoms with Crippen molar-refractivity contribution in [3.8, 4) is 0 Å². The Labute approximate surface area is 126 Å². The number of hydrogen-bond donors (Lipinski definition) is 3. The maximum absolute atomic E-state index is 11.8. The number of primary amides is 1. The van der Waals surface area contributed by atoms with Crippen LogP contribution in [0.1, 0.15) is 49.9 Å². The Morgan fingerprint density at radius 3 is 2.38 bits per heavy atom. The van der Waals surface area contributed by atoms with E-state index >= 15 is 0 Å². The van der Waals surface area contributed by atoms with Crippen LogP contribution in [0.4, 0.5) is 10.5 Å². The van der Waals surface area contributed by atoms with Gasteiger partial charge in [0.25, 0.3) is 0 Å². The number of hydrogen-bond acceptors (Lipinski definition) is 2. The van der Waals surface area contributed by atoms with E-state index in [1.54, 1.807) is 24.3 Å². The largest absolute Gasteiger partial charge is 0.366 e. The number of anilines is 1. The van der Waals surface area contributed by atoms with Gasteiger partial charge in [-0.3, -0.25) is 4.79 Å². The zero-order valence-electron chi connectivity index (χ0n) is 12.8. The van der Waals surface area contributed by atoms with Gasteiger partial charge in [-0.15, -0.1) is 0 Å². The third-order valence-electron chi connectivity index (χ3n) is 3.52. The molecular weight excluding hydrogens is 266 g/mol. The molecule has 0 unspecified atom stereocenters. The topological polar surface area (TPSA) is 84.2 Å². The fourth-order valence-electron chi connectivity index (χ4n) is 2.07. The van der Waals surface area contributed by atoms with Crippen LogP contribution in [0, 0.1) is 5.92 Å². The third kappa shape index (κ3) is 6.29. The number of amides is 3. The number of nitrogens with two attached hydrogens (primary N) is 1. The van der Waals surface area contributed by atoms with Gasteiger partial charge >= 0.3 is 6.03 Å². The van der Waals surface area contributed by atoms with Gasteiger partial charge < -0.3 is 16.4 Å². The van der Waals surface area contributed by atoms with Crippen molar-refractivity contribution in [3.63, 3.8) is 0 Å². The van der Waals surface area contributed by atoms with Crippen LogP contribution in [0.5, 0.6) is 0 Å². The second-order valence-corrected chi connectivity index (χ2v) is 5.19. The molecule has 1 aromatic rings. The van der Waals surface area contributed by atoms with Crippen LogP contribution in [0.25, 0.3) is 0 Å². The summed E-state index contributed by atoms with van der Waals surface area (Å²) in [4.78, 5) is 22.8. The van der Waals surface area contributed by atoms with E-state index in [9.17, 15) is 9.59 Å². The Kier molecular flexibility index (Phi) is 7.29. The molecule has 1 atom stereocenters. The zero-order chi connectivity index (χ0) is 15.7. The van der Waals surface area contributed by atoms with Gasteiger partial charge in [-0.25, -0.2) is 4.79 Å². The number of rotatable bonds is 8. The van der Waals surface area contributed by atoms with Gasteiger partial charge in [-0.05, 0) is 36.6 Å². The standard InChI is InChI=1S/C16H25N3O2/c1-3-5-6-12(4-2)11-18-16(21)19-14-9-7-13(8-10-14)15(17)20/h7-10,12H,3-6,11H2,1-2H3,(H2,17,20)(H2,18,19,21)/t12-/m0/s1. The first kappa shape index (κ1) is 17.0. The molecule has 0 aliphatic heterocycles. The fourth-order valence-corrected chi connectivity index (χ4v) is 2.07. The van der Waals surface area contributed by atoms with E-state index in [-0.39, 0.29) is 6.03 Å². The van der Waals surface area contributed by atoms with Crippen LogP contribution < -0.4 is 16.4 Å². The highest BCUT2D eigenvalue weighted by atomic mass is 16.2. The molecule has 1 rings (SSSR count). The first-order valence-corrected chi connectivity index (χ1v) is 7.51. The van der Waals surface area contributed by atoms with E-state index in [1.165, 1.54) is 12.8 Å². The molecule has 5 nitrogen and oxygen atoms in total. The summed E-state index contributed by atoms with van der Waals surface area (Å²) in [5.41, 5.74) is 6.22. The number of benzene rings is 1. The van der Waals surface area contributed by atoms with E-state index in [0.29, 0.717) is 23.7 Å². The maximum Gasteiger partial charge on any atom is 0.319 e. The van der Waals surface area contributed by atoms with Crippen LogP contribution in [0.3, 0.4) is 0 Å². The summed E-state index contributed by atoms with van der Waals surface area (Å²) in [6.07, 6.45) is 4.57. The van der Waals surface area contributed by atoms with Crippen molar-refractivity contribution in [2.45, 2.75) is 39.5 Å². The lowest BCUT2D eigenvalue weighted by atomic mass is 9.99.